The Labute approximate surface area is 179 Å². The highest BCUT2D eigenvalue weighted by molar-refractivity contribution is 7.93. The molecule has 3 aromatic rings. The van der Waals surface area contributed by atoms with Gasteiger partial charge in [-0.2, -0.15) is 0 Å². The summed E-state index contributed by atoms with van der Waals surface area (Å²) in [7, 11) is -8.23. The molecule has 3 aromatic carbocycles. The molecular weight excluding hydrogens is 451 g/mol. The predicted octanol–water partition coefficient (Wildman–Crippen LogP) is 4.70. The van der Waals surface area contributed by atoms with E-state index in [1.54, 1.807) is 25.1 Å². The lowest BCUT2D eigenvalue weighted by Gasteiger charge is -2.14. The average molecular weight is 469 g/mol. The normalized spacial score (nSPS) is 11.9. The van der Waals surface area contributed by atoms with Gasteiger partial charge in [0, 0.05) is 5.69 Å². The lowest BCUT2D eigenvalue weighted by atomic mass is 10.2. The Bertz CT molecular complexity index is 1330. The second-order valence-electron chi connectivity index (χ2n) is 6.63. The number of anilines is 2. The van der Waals surface area contributed by atoms with Gasteiger partial charge in [0.2, 0.25) is 0 Å². The number of aryl methyl sites for hydroxylation is 2. The first-order valence-corrected chi connectivity index (χ1v) is 12.0. The van der Waals surface area contributed by atoms with Crippen molar-refractivity contribution in [3.8, 4) is 0 Å². The van der Waals surface area contributed by atoms with Crippen LogP contribution in [0.1, 0.15) is 11.1 Å². The largest absolute Gasteiger partial charge is 0.280 e. The zero-order chi connectivity index (χ0) is 22.1. The van der Waals surface area contributed by atoms with E-state index in [-0.39, 0.29) is 15.6 Å². The van der Waals surface area contributed by atoms with Crippen LogP contribution in [-0.4, -0.2) is 16.8 Å². The van der Waals surface area contributed by atoms with Crippen LogP contribution in [0.15, 0.2) is 70.5 Å². The highest BCUT2D eigenvalue weighted by atomic mass is 35.5. The summed E-state index contributed by atoms with van der Waals surface area (Å²) in [5.41, 5.74) is 1.76. The molecule has 0 saturated heterocycles. The molecule has 0 unspecified atom stereocenters. The first-order valence-electron chi connectivity index (χ1n) is 8.66. The fourth-order valence-corrected chi connectivity index (χ4v) is 5.39. The molecule has 0 fully saturated rings. The molecule has 0 amide bonds. The second-order valence-corrected chi connectivity index (χ2v) is 10.4. The Morgan fingerprint density at radius 3 is 2.27 bits per heavy atom. The van der Waals surface area contributed by atoms with Gasteiger partial charge in [0.1, 0.15) is 10.7 Å². The minimum Gasteiger partial charge on any atom is -0.280 e. The van der Waals surface area contributed by atoms with Crippen LogP contribution in [0.3, 0.4) is 0 Å². The fourth-order valence-electron chi connectivity index (χ4n) is 2.68. The molecule has 0 saturated carbocycles. The van der Waals surface area contributed by atoms with E-state index in [0.29, 0.717) is 11.3 Å². The minimum absolute atomic E-state index is 0.0300. The standard InChI is InChI=1S/C20H18ClFN2O4S2/c1-13-4-3-5-16(10-13)23-29(25,26)17-8-6-14(2)19(12-17)24-30(27,28)20-11-15(22)7-9-18(20)21/h3-12,23-24H,1-2H3. The molecule has 0 bridgehead atoms. The van der Waals surface area contributed by atoms with Gasteiger partial charge < -0.3 is 0 Å². The van der Waals surface area contributed by atoms with Crippen LogP contribution in [-0.2, 0) is 20.0 Å². The second kappa shape index (κ2) is 8.25. The van der Waals surface area contributed by atoms with Gasteiger partial charge in [0.05, 0.1) is 15.6 Å². The van der Waals surface area contributed by atoms with Crippen molar-refractivity contribution in [3.63, 3.8) is 0 Å². The molecule has 158 valence electrons. The number of benzene rings is 3. The SMILES string of the molecule is Cc1cccc(NS(=O)(=O)c2ccc(C)c(NS(=O)(=O)c3cc(F)ccc3Cl)c2)c1. The lowest BCUT2D eigenvalue weighted by Crippen LogP contribution is -2.17. The highest BCUT2D eigenvalue weighted by Gasteiger charge is 2.22. The molecule has 2 N–H and O–H groups in total. The van der Waals surface area contributed by atoms with Gasteiger partial charge in [-0.15, -0.1) is 0 Å². The molecule has 0 radical (unpaired) electrons. The summed E-state index contributed by atoms with van der Waals surface area (Å²) >= 11 is 5.90. The summed E-state index contributed by atoms with van der Waals surface area (Å²) in [6, 6.07) is 13.8. The summed E-state index contributed by atoms with van der Waals surface area (Å²) in [4.78, 5) is -0.590. The fraction of sp³-hybridized carbons (Fsp3) is 0.100. The molecule has 30 heavy (non-hydrogen) atoms. The van der Waals surface area contributed by atoms with E-state index in [1.165, 1.54) is 18.2 Å². The third kappa shape index (κ3) is 4.92. The number of hydrogen-bond donors (Lipinski definition) is 2. The molecule has 6 nitrogen and oxygen atoms in total. The van der Waals surface area contributed by atoms with Crippen LogP contribution >= 0.6 is 11.6 Å². The maximum Gasteiger partial charge on any atom is 0.263 e. The highest BCUT2D eigenvalue weighted by Crippen LogP contribution is 2.28. The molecule has 0 spiro atoms. The number of hydrogen-bond acceptors (Lipinski definition) is 4. The Morgan fingerprint density at radius 1 is 0.833 bits per heavy atom. The summed E-state index contributed by atoms with van der Waals surface area (Å²) in [6.45, 7) is 3.43. The number of sulfonamides is 2. The molecule has 0 aliphatic heterocycles. The summed E-state index contributed by atoms with van der Waals surface area (Å²) in [6.07, 6.45) is 0. The molecular formula is C20H18ClFN2O4S2. The van der Waals surface area contributed by atoms with E-state index >= 15 is 0 Å². The minimum atomic E-state index is -4.25. The average Bonchev–Trinajstić information content (AvgIpc) is 2.64. The van der Waals surface area contributed by atoms with Crippen molar-refractivity contribution in [1.82, 2.24) is 0 Å². The van der Waals surface area contributed by atoms with Crippen molar-refractivity contribution in [1.29, 1.82) is 0 Å². The monoisotopic (exact) mass is 468 g/mol. The van der Waals surface area contributed by atoms with E-state index in [4.69, 9.17) is 11.6 Å². The predicted molar refractivity (Wildman–Crippen MR) is 115 cm³/mol. The van der Waals surface area contributed by atoms with Gasteiger partial charge in [-0.05, 0) is 67.4 Å². The molecule has 0 heterocycles. The van der Waals surface area contributed by atoms with Crippen molar-refractivity contribution in [2.75, 3.05) is 9.44 Å². The zero-order valence-corrected chi connectivity index (χ0v) is 18.4. The first kappa shape index (κ1) is 22.1. The Balaban J connectivity index is 1.96. The van der Waals surface area contributed by atoms with E-state index in [9.17, 15) is 21.2 Å². The van der Waals surface area contributed by atoms with Crippen molar-refractivity contribution in [2.45, 2.75) is 23.6 Å². The smallest absolute Gasteiger partial charge is 0.263 e. The van der Waals surface area contributed by atoms with Crippen molar-refractivity contribution < 1.29 is 21.2 Å². The molecule has 0 aliphatic carbocycles. The summed E-state index contributed by atoms with van der Waals surface area (Å²) < 4.78 is 69.1. The molecule has 0 aromatic heterocycles. The quantitative estimate of drug-likeness (QED) is 0.548. The van der Waals surface area contributed by atoms with E-state index < -0.39 is 30.8 Å². The number of nitrogens with one attached hydrogen (secondary N) is 2. The Morgan fingerprint density at radius 2 is 1.57 bits per heavy atom. The van der Waals surface area contributed by atoms with Gasteiger partial charge >= 0.3 is 0 Å². The Kier molecular flexibility index (Phi) is 6.07. The van der Waals surface area contributed by atoms with Crippen molar-refractivity contribution in [3.05, 3.63) is 82.6 Å². The molecule has 0 atom stereocenters. The first-order chi connectivity index (χ1) is 14.0. The van der Waals surface area contributed by atoms with E-state index in [0.717, 1.165) is 23.8 Å². The van der Waals surface area contributed by atoms with Crippen LogP contribution < -0.4 is 9.44 Å². The Hall–Kier alpha value is -2.62. The topological polar surface area (TPSA) is 92.3 Å². The van der Waals surface area contributed by atoms with Gasteiger partial charge in [-0.1, -0.05) is 29.8 Å². The van der Waals surface area contributed by atoms with Crippen LogP contribution in [0.25, 0.3) is 0 Å². The van der Waals surface area contributed by atoms with Gasteiger partial charge in [0.15, 0.2) is 0 Å². The number of halogens is 2. The maximum absolute atomic E-state index is 13.5. The van der Waals surface area contributed by atoms with Gasteiger partial charge in [0.25, 0.3) is 20.0 Å². The maximum atomic E-state index is 13.5. The summed E-state index contributed by atoms with van der Waals surface area (Å²) in [5.74, 6) is -0.768. The third-order valence-electron chi connectivity index (χ3n) is 4.22. The van der Waals surface area contributed by atoms with Gasteiger partial charge in [-0.3, -0.25) is 9.44 Å². The van der Waals surface area contributed by atoms with Crippen LogP contribution in [0.4, 0.5) is 15.8 Å². The van der Waals surface area contributed by atoms with Crippen molar-refractivity contribution in [2.24, 2.45) is 0 Å². The number of rotatable bonds is 6. The molecule has 0 aliphatic rings. The molecule has 3 rings (SSSR count). The van der Waals surface area contributed by atoms with Crippen LogP contribution in [0, 0.1) is 19.7 Å². The lowest BCUT2D eigenvalue weighted by molar-refractivity contribution is 0.594. The zero-order valence-electron chi connectivity index (χ0n) is 16.0. The van der Waals surface area contributed by atoms with Crippen LogP contribution in [0.2, 0.25) is 5.02 Å². The van der Waals surface area contributed by atoms with E-state index in [2.05, 4.69) is 9.44 Å². The third-order valence-corrected chi connectivity index (χ3v) is 7.44. The van der Waals surface area contributed by atoms with Crippen molar-refractivity contribution >= 4 is 43.0 Å². The summed E-state index contributed by atoms with van der Waals surface area (Å²) in [5, 5.41) is -0.161. The van der Waals surface area contributed by atoms with Crippen LogP contribution in [0.5, 0.6) is 0 Å². The van der Waals surface area contributed by atoms with Gasteiger partial charge in [-0.25, -0.2) is 21.2 Å². The molecule has 10 heteroatoms. The van der Waals surface area contributed by atoms with E-state index in [1.807, 2.05) is 13.0 Å².